The number of aromatic hydroxyl groups is 1. The summed E-state index contributed by atoms with van der Waals surface area (Å²) in [5, 5.41) is 29.3. The van der Waals surface area contributed by atoms with Crippen molar-refractivity contribution in [2.75, 3.05) is 19.6 Å². The highest BCUT2D eigenvalue weighted by atomic mass is 32.1. The number of carbonyl (C=O) groups excluding carboxylic acids is 6. The second kappa shape index (κ2) is 22.0. The van der Waals surface area contributed by atoms with Crippen LogP contribution in [0.2, 0.25) is 0 Å². The van der Waals surface area contributed by atoms with Gasteiger partial charge in [-0.1, -0.05) is 56.3 Å². The van der Waals surface area contributed by atoms with Crippen molar-refractivity contribution in [3.05, 3.63) is 65.7 Å². The van der Waals surface area contributed by atoms with Gasteiger partial charge in [0.2, 0.25) is 35.4 Å². The van der Waals surface area contributed by atoms with E-state index < -0.39 is 72.2 Å². The molecule has 294 valence electrons. The summed E-state index contributed by atoms with van der Waals surface area (Å²) in [5.74, 6) is -3.84. The number of primary amides is 1. The van der Waals surface area contributed by atoms with Gasteiger partial charge in [-0.15, -0.1) is 0 Å². The van der Waals surface area contributed by atoms with Gasteiger partial charge in [-0.05, 0) is 79.9 Å². The number of amides is 6. The Morgan fingerprint density at radius 1 is 0.833 bits per heavy atom. The Balaban J connectivity index is 1.82. The highest BCUT2D eigenvalue weighted by molar-refractivity contribution is 7.80. The summed E-state index contributed by atoms with van der Waals surface area (Å²) in [7, 11) is 0. The molecule has 54 heavy (non-hydrogen) atoms. The van der Waals surface area contributed by atoms with Crippen LogP contribution in [0.5, 0.6) is 5.75 Å². The number of nitrogens with one attached hydrogen (secondary N) is 7. The fourth-order valence-corrected chi connectivity index (χ4v) is 5.94. The van der Waals surface area contributed by atoms with Crippen molar-refractivity contribution >= 4 is 52.8 Å². The van der Waals surface area contributed by atoms with E-state index in [1.807, 2.05) is 19.9 Å². The van der Waals surface area contributed by atoms with Crippen LogP contribution in [0.1, 0.15) is 57.1 Å². The van der Waals surface area contributed by atoms with E-state index in [1.165, 1.54) is 12.1 Å². The number of hydrogen-bond donors (Lipinski definition) is 10. The molecule has 0 aliphatic carbocycles. The van der Waals surface area contributed by atoms with E-state index in [0.717, 1.165) is 5.56 Å². The predicted octanol–water partition coefficient (Wildman–Crippen LogP) is -0.870. The van der Waals surface area contributed by atoms with E-state index in [1.54, 1.807) is 36.4 Å². The highest BCUT2D eigenvalue weighted by Crippen LogP contribution is 2.12. The van der Waals surface area contributed by atoms with Crippen molar-refractivity contribution < 1.29 is 33.9 Å². The first-order valence-electron chi connectivity index (χ1n) is 18.1. The van der Waals surface area contributed by atoms with Crippen LogP contribution >= 0.6 is 12.2 Å². The molecule has 1 fully saturated rings. The number of phenols is 1. The fourth-order valence-electron chi connectivity index (χ4n) is 5.73. The third-order valence-corrected chi connectivity index (χ3v) is 8.92. The number of carbonyl (C=O) groups is 6. The molecule has 3 rings (SSSR count). The smallest absolute Gasteiger partial charge is 0.243 e. The molecule has 12 N–H and O–H groups in total. The van der Waals surface area contributed by atoms with Crippen LogP contribution < -0.4 is 48.7 Å². The first kappa shape index (κ1) is 43.1. The Morgan fingerprint density at radius 3 is 2.09 bits per heavy atom. The summed E-state index contributed by atoms with van der Waals surface area (Å²) >= 11 is 5.35. The topological polar surface area (TPSA) is 259 Å². The van der Waals surface area contributed by atoms with Gasteiger partial charge in [-0.3, -0.25) is 28.8 Å². The fraction of sp³-hybridized carbons (Fsp3) is 0.486. The van der Waals surface area contributed by atoms with Crippen LogP contribution in [-0.2, 0) is 41.6 Å². The minimum Gasteiger partial charge on any atom is -0.508 e. The summed E-state index contributed by atoms with van der Waals surface area (Å²) in [5.41, 5.74) is 13.2. The van der Waals surface area contributed by atoms with Crippen molar-refractivity contribution in [3.8, 4) is 5.75 Å². The van der Waals surface area contributed by atoms with Crippen molar-refractivity contribution in [2.24, 2.45) is 17.4 Å². The van der Waals surface area contributed by atoms with Gasteiger partial charge in [0, 0.05) is 19.5 Å². The van der Waals surface area contributed by atoms with Crippen molar-refractivity contribution in [2.45, 2.75) is 89.0 Å². The molecule has 0 bridgehead atoms. The molecular formula is C37H53N9O7S. The second-order valence-electron chi connectivity index (χ2n) is 13.7. The number of benzene rings is 2. The average molecular weight is 768 g/mol. The molecule has 2 aromatic carbocycles. The van der Waals surface area contributed by atoms with Crippen LogP contribution in [0.25, 0.3) is 0 Å². The van der Waals surface area contributed by atoms with Crippen LogP contribution in [0.15, 0.2) is 54.6 Å². The standard InChI is InChI=1S/C37H53N9O7S/c1-22(2)18-29-35(52)44-27(32(39)49)10-6-16-40-37(54)41-17-7-11-28(45-33(50)26(38)19-24-12-14-25(47)15-13-24)34(51)42-21-31(48)43-30(36(53)46-29)20-23-8-4-3-5-9-23/h3-5,8-9,12-15,22,26-30,47H,6-7,10-11,16-21,38H2,1-2H3,(H2,39,49)(H,42,51)(H,43,48)(H,44,52)(H,45,50)(H,46,53)(H2,40,41,54)/t26-,27-,28+,29-,30-/m0/s1. The zero-order valence-corrected chi connectivity index (χ0v) is 31.5. The Kier molecular flexibility index (Phi) is 17.6. The van der Waals surface area contributed by atoms with Gasteiger partial charge in [0.1, 0.15) is 29.9 Å². The van der Waals surface area contributed by atoms with Gasteiger partial charge >= 0.3 is 0 Å². The van der Waals surface area contributed by atoms with E-state index in [2.05, 4.69) is 37.2 Å². The van der Waals surface area contributed by atoms with E-state index in [4.69, 9.17) is 23.7 Å². The van der Waals surface area contributed by atoms with Gasteiger partial charge < -0.3 is 53.8 Å². The molecule has 0 unspecified atom stereocenters. The van der Waals surface area contributed by atoms with Gasteiger partial charge in [0.25, 0.3) is 0 Å². The predicted molar refractivity (Wildman–Crippen MR) is 206 cm³/mol. The first-order chi connectivity index (χ1) is 25.7. The molecular weight excluding hydrogens is 715 g/mol. The first-order valence-corrected chi connectivity index (χ1v) is 18.5. The lowest BCUT2D eigenvalue weighted by molar-refractivity contribution is -0.134. The van der Waals surface area contributed by atoms with Gasteiger partial charge in [-0.2, -0.15) is 0 Å². The van der Waals surface area contributed by atoms with E-state index in [-0.39, 0.29) is 43.8 Å². The molecule has 1 aliphatic rings. The Labute approximate surface area is 320 Å². The molecule has 5 atom stereocenters. The minimum atomic E-state index is -1.14. The zero-order chi connectivity index (χ0) is 39.6. The monoisotopic (exact) mass is 767 g/mol. The lowest BCUT2D eigenvalue weighted by Crippen LogP contribution is -2.58. The largest absolute Gasteiger partial charge is 0.508 e. The Bertz CT molecular complexity index is 1590. The molecule has 1 heterocycles. The van der Waals surface area contributed by atoms with E-state index in [0.29, 0.717) is 36.6 Å². The lowest BCUT2D eigenvalue weighted by atomic mass is 10.0. The van der Waals surface area contributed by atoms with Gasteiger partial charge in [-0.25, -0.2) is 0 Å². The van der Waals surface area contributed by atoms with Crippen LogP contribution in [-0.4, -0.2) is 95.5 Å². The Hall–Kier alpha value is -5.29. The van der Waals surface area contributed by atoms with Crippen LogP contribution in [0, 0.1) is 5.92 Å². The third-order valence-electron chi connectivity index (χ3n) is 8.63. The molecule has 2 aromatic rings. The maximum Gasteiger partial charge on any atom is 0.243 e. The summed E-state index contributed by atoms with van der Waals surface area (Å²) in [6.45, 7) is 3.92. The molecule has 1 aliphatic heterocycles. The quantitative estimate of drug-likeness (QED) is 0.140. The molecule has 0 aromatic heterocycles. The molecule has 6 amide bonds. The van der Waals surface area contributed by atoms with Crippen LogP contribution in [0.4, 0.5) is 0 Å². The van der Waals surface area contributed by atoms with Crippen molar-refractivity contribution in [1.82, 2.24) is 37.2 Å². The summed E-state index contributed by atoms with van der Waals surface area (Å²) < 4.78 is 0. The SMILES string of the molecule is CC(C)C[C@@H]1NC(=O)[C@H](Cc2ccccc2)NC(=O)CNC(=O)[C@H](NC(=O)[C@@H](N)Cc2ccc(O)cc2)CCCNC(=S)NCCC[C@@H](C(N)=O)NC1=O. The van der Waals surface area contributed by atoms with E-state index >= 15 is 0 Å². The van der Waals surface area contributed by atoms with Crippen LogP contribution in [0.3, 0.4) is 0 Å². The molecule has 0 spiro atoms. The molecule has 16 nitrogen and oxygen atoms in total. The third kappa shape index (κ3) is 15.4. The maximum absolute atomic E-state index is 13.8. The Morgan fingerprint density at radius 2 is 1.46 bits per heavy atom. The number of phenolic OH excluding ortho intramolecular Hbond substituents is 1. The molecule has 0 saturated carbocycles. The number of hydrogen-bond acceptors (Lipinski definition) is 9. The molecule has 17 heteroatoms. The number of thiocarbonyl (C=S) groups is 1. The molecule has 0 radical (unpaired) electrons. The normalized spacial score (nSPS) is 22.0. The summed E-state index contributed by atoms with van der Waals surface area (Å²) in [4.78, 5) is 79.4. The van der Waals surface area contributed by atoms with Crippen molar-refractivity contribution in [1.29, 1.82) is 0 Å². The highest BCUT2D eigenvalue weighted by Gasteiger charge is 2.30. The van der Waals surface area contributed by atoms with E-state index in [9.17, 15) is 33.9 Å². The lowest BCUT2D eigenvalue weighted by Gasteiger charge is -2.26. The number of nitrogens with two attached hydrogens (primary N) is 2. The molecule has 1 saturated heterocycles. The van der Waals surface area contributed by atoms with Gasteiger partial charge in [0.05, 0.1) is 12.6 Å². The minimum absolute atomic E-state index is 0.0301. The van der Waals surface area contributed by atoms with Gasteiger partial charge in [0.15, 0.2) is 5.11 Å². The average Bonchev–Trinajstić information content (AvgIpc) is 3.13. The second-order valence-corrected chi connectivity index (χ2v) is 14.1. The summed E-state index contributed by atoms with van der Waals surface area (Å²) in [6, 6.07) is 9.92. The zero-order valence-electron chi connectivity index (χ0n) is 30.7. The maximum atomic E-state index is 13.8. The summed E-state index contributed by atoms with van der Waals surface area (Å²) in [6.07, 6.45) is 1.63. The number of rotatable bonds is 9. The van der Waals surface area contributed by atoms with Crippen molar-refractivity contribution in [3.63, 3.8) is 0 Å².